The Hall–Kier alpha value is -2.24. The van der Waals surface area contributed by atoms with Crippen LogP contribution in [-0.4, -0.2) is 52.0 Å². The van der Waals surface area contributed by atoms with Crippen LogP contribution in [-0.2, 0) is 21.2 Å². The summed E-state index contributed by atoms with van der Waals surface area (Å²) in [5.41, 5.74) is 0.782. The lowest BCUT2D eigenvalue weighted by Gasteiger charge is -2.30. The minimum absolute atomic E-state index is 0.0560. The third-order valence-electron chi connectivity index (χ3n) is 5.00. The normalized spacial score (nSPS) is 17.5. The van der Waals surface area contributed by atoms with Crippen molar-refractivity contribution < 1.29 is 31.5 Å². The number of nitrogens with one attached hydrogen (secondary N) is 1. The van der Waals surface area contributed by atoms with Gasteiger partial charge in [0.2, 0.25) is 5.91 Å². The third-order valence-corrected chi connectivity index (χ3v) is 8.24. The van der Waals surface area contributed by atoms with E-state index in [9.17, 15) is 22.0 Å². The van der Waals surface area contributed by atoms with Crippen LogP contribution in [0.2, 0.25) is 0 Å². The Bertz CT molecular complexity index is 983. The number of piperidine rings is 1. The molecule has 7 nitrogen and oxygen atoms in total. The predicted octanol–water partition coefficient (Wildman–Crippen LogP) is 3.12. The fourth-order valence-electron chi connectivity index (χ4n) is 3.45. The van der Waals surface area contributed by atoms with Crippen molar-refractivity contribution in [2.45, 2.75) is 30.1 Å². The Kier molecular flexibility index (Phi) is 7.84. The van der Waals surface area contributed by atoms with Gasteiger partial charge in [-0.05, 0) is 48.4 Å². The van der Waals surface area contributed by atoms with Crippen LogP contribution in [0.5, 0.6) is 11.5 Å². The lowest BCUT2D eigenvalue weighted by molar-refractivity contribution is -0.126. The molecule has 1 fully saturated rings. The van der Waals surface area contributed by atoms with Gasteiger partial charge in [0.25, 0.3) is 10.0 Å². The van der Waals surface area contributed by atoms with Crippen molar-refractivity contribution in [3.05, 3.63) is 41.3 Å². The van der Waals surface area contributed by atoms with Crippen molar-refractivity contribution in [3.63, 3.8) is 0 Å². The maximum atomic E-state index is 12.7. The highest BCUT2D eigenvalue weighted by Crippen LogP contribution is 2.30. The van der Waals surface area contributed by atoms with Crippen LogP contribution in [0.15, 0.2) is 39.9 Å². The number of nitrogens with zero attached hydrogens (tertiary/aromatic N) is 1. The Morgan fingerprint density at radius 3 is 2.81 bits per heavy atom. The number of thiophene rings is 1. The van der Waals surface area contributed by atoms with Crippen LogP contribution in [0.4, 0.5) is 8.78 Å². The molecule has 0 radical (unpaired) electrons. The molecule has 1 amide bonds. The quantitative estimate of drug-likeness (QED) is 0.604. The molecule has 1 saturated heterocycles. The van der Waals surface area contributed by atoms with Crippen molar-refractivity contribution in [3.8, 4) is 11.5 Å². The van der Waals surface area contributed by atoms with Crippen molar-refractivity contribution in [2.24, 2.45) is 5.92 Å². The van der Waals surface area contributed by atoms with E-state index in [0.29, 0.717) is 32.4 Å². The average Bonchev–Trinajstić information content (AvgIpc) is 3.30. The first-order valence-corrected chi connectivity index (χ1v) is 12.1. The fraction of sp³-hybridized carbons (Fsp3) is 0.450. The van der Waals surface area contributed by atoms with Gasteiger partial charge in [-0.1, -0.05) is 12.1 Å². The number of hydrogen-bond acceptors (Lipinski definition) is 6. The molecule has 0 unspecified atom stereocenters. The molecule has 0 spiro atoms. The van der Waals surface area contributed by atoms with E-state index < -0.39 is 22.6 Å². The van der Waals surface area contributed by atoms with Gasteiger partial charge in [-0.3, -0.25) is 4.79 Å². The summed E-state index contributed by atoms with van der Waals surface area (Å²) in [5, 5.41) is 4.55. The molecule has 0 bridgehead atoms. The Morgan fingerprint density at radius 2 is 2.13 bits per heavy atom. The van der Waals surface area contributed by atoms with Crippen LogP contribution in [0, 0.1) is 5.92 Å². The monoisotopic (exact) mass is 474 g/mol. The minimum atomic E-state index is -3.58. The first-order chi connectivity index (χ1) is 14.8. The van der Waals surface area contributed by atoms with Gasteiger partial charge in [0.15, 0.2) is 11.5 Å². The summed E-state index contributed by atoms with van der Waals surface area (Å²) in [6, 6.07) is 7.86. The van der Waals surface area contributed by atoms with Gasteiger partial charge in [0, 0.05) is 19.6 Å². The van der Waals surface area contributed by atoms with E-state index in [2.05, 4.69) is 10.1 Å². The van der Waals surface area contributed by atoms with Crippen molar-refractivity contribution in [1.29, 1.82) is 0 Å². The minimum Gasteiger partial charge on any atom is -0.493 e. The Morgan fingerprint density at radius 1 is 1.32 bits per heavy atom. The summed E-state index contributed by atoms with van der Waals surface area (Å²) in [6.07, 6.45) is 1.70. The number of halogens is 2. The third kappa shape index (κ3) is 5.92. The number of benzene rings is 1. The van der Waals surface area contributed by atoms with Gasteiger partial charge in [-0.25, -0.2) is 8.42 Å². The zero-order chi connectivity index (χ0) is 22.4. The highest BCUT2D eigenvalue weighted by Gasteiger charge is 2.33. The fourth-order valence-corrected chi connectivity index (χ4v) is 6.12. The van der Waals surface area contributed by atoms with Gasteiger partial charge in [-0.2, -0.15) is 13.1 Å². The van der Waals surface area contributed by atoms with Crippen LogP contribution < -0.4 is 14.8 Å². The van der Waals surface area contributed by atoms with Crippen molar-refractivity contribution >= 4 is 27.3 Å². The lowest BCUT2D eigenvalue weighted by Crippen LogP contribution is -2.45. The van der Waals surface area contributed by atoms with Gasteiger partial charge in [0.1, 0.15) is 4.21 Å². The second-order valence-corrected chi connectivity index (χ2v) is 10.2. The smallest absolute Gasteiger partial charge is 0.387 e. The van der Waals surface area contributed by atoms with Gasteiger partial charge in [0.05, 0.1) is 13.0 Å². The van der Waals surface area contributed by atoms with E-state index in [4.69, 9.17) is 4.74 Å². The number of rotatable bonds is 9. The Balaban J connectivity index is 1.54. The average molecular weight is 475 g/mol. The molecule has 31 heavy (non-hydrogen) atoms. The topological polar surface area (TPSA) is 84.9 Å². The van der Waals surface area contributed by atoms with Crippen LogP contribution in [0.1, 0.15) is 18.4 Å². The molecule has 1 aromatic heterocycles. The standard InChI is InChI=1S/C20H24F2N2O5S2/c1-28-17-12-14(6-7-16(17)29-20(21)22)8-9-23-19(25)15-4-2-10-24(13-15)31(26,27)18-5-3-11-30-18/h3,5-7,11-12,15,20H,2,4,8-10,13H2,1H3,(H,23,25)/t15-/m0/s1. The number of alkyl halides is 2. The molecule has 2 heterocycles. The molecule has 2 aromatic rings. The van der Waals surface area contributed by atoms with Crippen LogP contribution in [0.3, 0.4) is 0 Å². The predicted molar refractivity (Wildman–Crippen MR) is 112 cm³/mol. The second kappa shape index (κ2) is 10.4. The maximum absolute atomic E-state index is 12.7. The van der Waals surface area contributed by atoms with Gasteiger partial charge >= 0.3 is 6.61 Å². The number of carbonyl (C=O) groups is 1. The molecular weight excluding hydrogens is 450 g/mol. The van der Waals surface area contributed by atoms with Crippen LogP contribution >= 0.6 is 11.3 Å². The van der Waals surface area contributed by atoms with Crippen LogP contribution in [0.25, 0.3) is 0 Å². The summed E-state index contributed by atoms with van der Waals surface area (Å²) < 4.78 is 61.4. The summed E-state index contributed by atoms with van der Waals surface area (Å²) in [5.74, 6) is -0.485. The molecule has 1 aliphatic rings. The first kappa shape index (κ1) is 23.4. The van der Waals surface area contributed by atoms with E-state index >= 15 is 0 Å². The molecule has 3 rings (SSSR count). The van der Waals surface area contributed by atoms with E-state index in [0.717, 1.165) is 16.9 Å². The van der Waals surface area contributed by atoms with Crippen molar-refractivity contribution in [1.82, 2.24) is 9.62 Å². The zero-order valence-corrected chi connectivity index (χ0v) is 18.6. The number of carbonyl (C=O) groups excluding carboxylic acids is 1. The van der Waals surface area contributed by atoms with E-state index in [1.807, 2.05) is 0 Å². The van der Waals surface area contributed by atoms with Crippen molar-refractivity contribution in [2.75, 3.05) is 26.7 Å². The highest BCUT2D eigenvalue weighted by atomic mass is 32.2. The molecule has 1 N–H and O–H groups in total. The zero-order valence-electron chi connectivity index (χ0n) is 16.9. The number of amides is 1. The lowest BCUT2D eigenvalue weighted by atomic mass is 9.99. The summed E-state index contributed by atoms with van der Waals surface area (Å²) in [6.45, 7) is -2.07. The van der Waals surface area contributed by atoms with E-state index in [-0.39, 0.29) is 28.2 Å². The SMILES string of the molecule is COc1cc(CCNC(=O)[C@H]2CCCN(S(=O)(=O)c3cccs3)C2)ccc1OC(F)F. The summed E-state index contributed by atoms with van der Waals surface area (Å²) in [7, 11) is -2.22. The number of sulfonamides is 1. The second-order valence-electron chi connectivity index (χ2n) is 7.04. The number of ether oxygens (including phenoxy) is 2. The molecule has 1 aromatic carbocycles. The largest absolute Gasteiger partial charge is 0.493 e. The molecular formula is C20H24F2N2O5S2. The van der Waals surface area contributed by atoms with E-state index in [1.165, 1.54) is 17.5 Å². The maximum Gasteiger partial charge on any atom is 0.387 e. The Labute approximate surface area is 184 Å². The summed E-state index contributed by atoms with van der Waals surface area (Å²) in [4.78, 5) is 12.6. The molecule has 1 aliphatic heterocycles. The summed E-state index contributed by atoms with van der Waals surface area (Å²) >= 11 is 1.16. The first-order valence-electron chi connectivity index (χ1n) is 9.74. The number of methoxy groups -OCH3 is 1. The molecule has 11 heteroatoms. The molecule has 0 saturated carbocycles. The molecule has 0 aliphatic carbocycles. The van der Waals surface area contributed by atoms with Gasteiger partial charge < -0.3 is 14.8 Å². The van der Waals surface area contributed by atoms with Gasteiger partial charge in [-0.15, -0.1) is 11.3 Å². The highest BCUT2D eigenvalue weighted by molar-refractivity contribution is 7.91. The van der Waals surface area contributed by atoms with E-state index in [1.54, 1.807) is 29.6 Å². The molecule has 1 atom stereocenters. The molecule has 170 valence electrons. The number of hydrogen-bond donors (Lipinski definition) is 1.